The molecule has 0 amide bonds. The van der Waals surface area contributed by atoms with Gasteiger partial charge in [-0.05, 0) is 31.0 Å². The zero-order valence-electron chi connectivity index (χ0n) is 14.0. The molecule has 0 bridgehead atoms. The molecule has 0 radical (unpaired) electrons. The summed E-state index contributed by atoms with van der Waals surface area (Å²) in [4.78, 5) is 0. The minimum atomic E-state index is 0.728. The summed E-state index contributed by atoms with van der Waals surface area (Å²) in [6.45, 7) is 7.90. The highest BCUT2D eigenvalue weighted by molar-refractivity contribution is 5.26. The number of hydrogen-bond donors (Lipinski definition) is 1. The summed E-state index contributed by atoms with van der Waals surface area (Å²) in [6, 6.07) is 8.57. The van der Waals surface area contributed by atoms with Gasteiger partial charge < -0.3 is 10.1 Å². The molecule has 1 rings (SSSR count). The van der Waals surface area contributed by atoms with E-state index in [0.717, 1.165) is 26.3 Å². The molecule has 1 aromatic rings. The van der Waals surface area contributed by atoms with E-state index in [1.807, 2.05) is 6.92 Å². The third kappa shape index (κ3) is 8.90. The molecular weight excluding hydrogens is 258 g/mol. The monoisotopic (exact) mass is 291 g/mol. The molecule has 120 valence electrons. The van der Waals surface area contributed by atoms with Gasteiger partial charge in [0.2, 0.25) is 0 Å². The van der Waals surface area contributed by atoms with Crippen molar-refractivity contribution >= 4 is 0 Å². The van der Waals surface area contributed by atoms with E-state index in [1.165, 1.54) is 56.1 Å². The minimum absolute atomic E-state index is 0.728. The molecule has 0 saturated heterocycles. The van der Waals surface area contributed by atoms with Gasteiger partial charge in [-0.15, -0.1) is 0 Å². The predicted molar refractivity (Wildman–Crippen MR) is 91.5 cm³/mol. The zero-order chi connectivity index (χ0) is 15.2. The average molecular weight is 291 g/mol. The van der Waals surface area contributed by atoms with Crippen LogP contribution in [0.2, 0.25) is 0 Å². The lowest BCUT2D eigenvalue weighted by Gasteiger charge is -2.10. The fourth-order valence-corrected chi connectivity index (χ4v) is 2.51. The molecule has 0 heterocycles. The molecule has 2 heteroatoms. The van der Waals surface area contributed by atoms with E-state index < -0.39 is 0 Å². The summed E-state index contributed by atoms with van der Waals surface area (Å²) in [6.07, 6.45) is 9.59. The van der Waals surface area contributed by atoms with Crippen molar-refractivity contribution in [3.63, 3.8) is 0 Å². The lowest BCUT2D eigenvalue weighted by atomic mass is 10.1. The maximum absolute atomic E-state index is 5.52. The Kier molecular flexibility index (Phi) is 11.1. The van der Waals surface area contributed by atoms with E-state index >= 15 is 0 Å². The van der Waals surface area contributed by atoms with Gasteiger partial charge in [-0.1, -0.05) is 69.7 Å². The molecule has 0 aliphatic heterocycles. The Bertz CT molecular complexity index is 351. The van der Waals surface area contributed by atoms with Gasteiger partial charge in [0.15, 0.2) is 0 Å². The molecule has 0 atom stereocenters. The van der Waals surface area contributed by atoms with Gasteiger partial charge in [0.25, 0.3) is 0 Å². The van der Waals surface area contributed by atoms with Crippen molar-refractivity contribution < 1.29 is 4.74 Å². The van der Waals surface area contributed by atoms with Gasteiger partial charge in [0.05, 0.1) is 6.61 Å². The topological polar surface area (TPSA) is 21.3 Å². The first-order valence-corrected chi connectivity index (χ1v) is 8.73. The smallest absolute Gasteiger partial charge is 0.0719 e. The number of benzene rings is 1. The van der Waals surface area contributed by atoms with E-state index in [-0.39, 0.29) is 0 Å². The number of ether oxygens (including phenoxy) is 1. The van der Waals surface area contributed by atoms with Crippen molar-refractivity contribution in [3.8, 4) is 0 Å². The molecule has 0 unspecified atom stereocenters. The number of rotatable bonds is 13. The molecule has 21 heavy (non-hydrogen) atoms. The molecule has 0 aliphatic carbocycles. The van der Waals surface area contributed by atoms with Crippen molar-refractivity contribution in [3.05, 3.63) is 35.4 Å². The SMILES string of the molecule is CCCCCCCCCNCc1ccccc1COCC. The predicted octanol–water partition coefficient (Wildman–Crippen LogP) is 5.06. The summed E-state index contributed by atoms with van der Waals surface area (Å²) in [7, 11) is 0. The molecular formula is C19H33NO. The lowest BCUT2D eigenvalue weighted by molar-refractivity contribution is 0.133. The summed E-state index contributed by atoms with van der Waals surface area (Å²) < 4.78 is 5.52. The Balaban J connectivity index is 2.09. The first-order valence-electron chi connectivity index (χ1n) is 8.73. The van der Waals surface area contributed by atoms with Crippen LogP contribution in [-0.2, 0) is 17.9 Å². The van der Waals surface area contributed by atoms with E-state index in [4.69, 9.17) is 4.74 Å². The van der Waals surface area contributed by atoms with E-state index in [2.05, 4.69) is 36.5 Å². The van der Waals surface area contributed by atoms with Crippen LogP contribution in [0.3, 0.4) is 0 Å². The van der Waals surface area contributed by atoms with E-state index in [0.29, 0.717) is 0 Å². The Labute approximate surface area is 131 Å². The van der Waals surface area contributed by atoms with Crippen molar-refractivity contribution in [1.82, 2.24) is 5.32 Å². The molecule has 0 fully saturated rings. The van der Waals surface area contributed by atoms with E-state index in [9.17, 15) is 0 Å². The quantitative estimate of drug-likeness (QED) is 0.513. The third-order valence-corrected chi connectivity index (χ3v) is 3.85. The third-order valence-electron chi connectivity index (χ3n) is 3.85. The molecule has 1 N–H and O–H groups in total. The molecule has 2 nitrogen and oxygen atoms in total. The normalized spacial score (nSPS) is 11.0. The van der Waals surface area contributed by atoms with Gasteiger partial charge in [-0.3, -0.25) is 0 Å². The molecule has 0 aliphatic rings. The largest absolute Gasteiger partial charge is 0.377 e. The second-order valence-corrected chi connectivity index (χ2v) is 5.70. The van der Waals surface area contributed by atoms with Gasteiger partial charge in [-0.25, -0.2) is 0 Å². The van der Waals surface area contributed by atoms with Gasteiger partial charge in [0, 0.05) is 13.2 Å². The molecule has 0 saturated carbocycles. The van der Waals surface area contributed by atoms with Gasteiger partial charge >= 0.3 is 0 Å². The zero-order valence-corrected chi connectivity index (χ0v) is 14.0. The second kappa shape index (κ2) is 12.8. The number of unbranched alkanes of at least 4 members (excludes halogenated alkanes) is 6. The highest BCUT2D eigenvalue weighted by Gasteiger charge is 2.01. The maximum Gasteiger partial charge on any atom is 0.0719 e. The summed E-state index contributed by atoms with van der Waals surface area (Å²) >= 11 is 0. The average Bonchev–Trinajstić information content (AvgIpc) is 2.52. The fourth-order valence-electron chi connectivity index (χ4n) is 2.51. The Morgan fingerprint density at radius 2 is 1.52 bits per heavy atom. The van der Waals surface area contributed by atoms with Crippen LogP contribution in [0.15, 0.2) is 24.3 Å². The van der Waals surface area contributed by atoms with Crippen LogP contribution in [0.1, 0.15) is 69.9 Å². The van der Waals surface area contributed by atoms with Crippen molar-refractivity contribution in [2.75, 3.05) is 13.2 Å². The van der Waals surface area contributed by atoms with Gasteiger partial charge in [0.1, 0.15) is 0 Å². The minimum Gasteiger partial charge on any atom is -0.377 e. The van der Waals surface area contributed by atoms with Gasteiger partial charge in [-0.2, -0.15) is 0 Å². The summed E-state index contributed by atoms with van der Waals surface area (Å²) in [5, 5.41) is 3.57. The Morgan fingerprint density at radius 3 is 2.24 bits per heavy atom. The number of hydrogen-bond acceptors (Lipinski definition) is 2. The van der Waals surface area contributed by atoms with Crippen molar-refractivity contribution in [2.45, 2.75) is 71.9 Å². The van der Waals surface area contributed by atoms with Crippen LogP contribution in [0.4, 0.5) is 0 Å². The highest BCUT2D eigenvalue weighted by atomic mass is 16.5. The second-order valence-electron chi connectivity index (χ2n) is 5.70. The van der Waals surface area contributed by atoms with Crippen LogP contribution in [0, 0.1) is 0 Å². The standard InChI is InChI=1S/C19H33NO/c1-3-5-6-7-8-9-12-15-20-16-18-13-10-11-14-19(18)17-21-4-2/h10-11,13-14,20H,3-9,12,15-17H2,1-2H3. The van der Waals surface area contributed by atoms with Crippen LogP contribution >= 0.6 is 0 Å². The van der Waals surface area contributed by atoms with Crippen LogP contribution in [-0.4, -0.2) is 13.2 Å². The van der Waals surface area contributed by atoms with Crippen molar-refractivity contribution in [1.29, 1.82) is 0 Å². The summed E-state index contributed by atoms with van der Waals surface area (Å²) in [5.74, 6) is 0. The molecule has 0 aromatic heterocycles. The Hall–Kier alpha value is -0.860. The highest BCUT2D eigenvalue weighted by Crippen LogP contribution is 2.10. The molecule has 1 aromatic carbocycles. The summed E-state index contributed by atoms with van der Waals surface area (Å²) in [5.41, 5.74) is 2.68. The van der Waals surface area contributed by atoms with Crippen molar-refractivity contribution in [2.24, 2.45) is 0 Å². The van der Waals surface area contributed by atoms with E-state index in [1.54, 1.807) is 0 Å². The van der Waals surface area contributed by atoms with Crippen LogP contribution in [0.25, 0.3) is 0 Å². The first-order chi connectivity index (χ1) is 10.4. The maximum atomic E-state index is 5.52. The fraction of sp³-hybridized carbons (Fsp3) is 0.684. The Morgan fingerprint density at radius 1 is 0.857 bits per heavy atom. The van der Waals surface area contributed by atoms with Crippen LogP contribution in [0.5, 0.6) is 0 Å². The first kappa shape index (κ1) is 18.2. The molecule has 0 spiro atoms. The van der Waals surface area contributed by atoms with Crippen LogP contribution < -0.4 is 5.32 Å². The lowest BCUT2D eigenvalue weighted by Crippen LogP contribution is -2.16. The number of nitrogens with one attached hydrogen (secondary N) is 1.